The summed E-state index contributed by atoms with van der Waals surface area (Å²) >= 11 is 2.99. The normalized spacial score (nSPS) is 13.4. The van der Waals surface area contributed by atoms with E-state index in [-0.39, 0.29) is 6.54 Å². The molecule has 0 radical (unpaired) electrons. The molecular formula is C6H9BrN2O2S. The van der Waals surface area contributed by atoms with E-state index in [9.17, 15) is 8.42 Å². The SMILES string of the molecule is C=C(Br)CNS(=O)(=O)C(C)C#N. The van der Waals surface area contributed by atoms with Crippen LogP contribution in [0, 0.1) is 11.3 Å². The fourth-order valence-electron chi connectivity index (χ4n) is 0.373. The van der Waals surface area contributed by atoms with Gasteiger partial charge >= 0.3 is 0 Å². The second-order valence-corrected chi connectivity index (χ2v) is 5.36. The summed E-state index contributed by atoms with van der Waals surface area (Å²) in [7, 11) is -3.51. The molecule has 0 aliphatic heterocycles. The van der Waals surface area contributed by atoms with Gasteiger partial charge in [-0.2, -0.15) is 5.26 Å². The summed E-state index contributed by atoms with van der Waals surface area (Å²) < 4.78 is 24.9. The average Bonchev–Trinajstić information content (AvgIpc) is 1.99. The van der Waals surface area contributed by atoms with Gasteiger partial charge in [-0.3, -0.25) is 0 Å². The second-order valence-electron chi connectivity index (χ2n) is 2.15. The molecule has 0 aliphatic rings. The van der Waals surface area contributed by atoms with Gasteiger partial charge in [0.1, 0.15) is 0 Å². The van der Waals surface area contributed by atoms with E-state index in [1.165, 1.54) is 6.92 Å². The summed E-state index contributed by atoms with van der Waals surface area (Å²) in [6.45, 7) is 4.87. The van der Waals surface area contributed by atoms with Crippen molar-refractivity contribution in [2.24, 2.45) is 0 Å². The lowest BCUT2D eigenvalue weighted by Crippen LogP contribution is -2.32. The Morgan fingerprint density at radius 3 is 2.67 bits per heavy atom. The number of nitrogens with zero attached hydrogens (tertiary/aromatic N) is 1. The molecule has 0 saturated heterocycles. The number of nitriles is 1. The zero-order chi connectivity index (χ0) is 9.78. The third-order valence-electron chi connectivity index (χ3n) is 1.11. The summed E-state index contributed by atoms with van der Waals surface area (Å²) in [6, 6.07) is 1.63. The van der Waals surface area contributed by atoms with Gasteiger partial charge < -0.3 is 0 Å². The Morgan fingerprint density at radius 1 is 1.83 bits per heavy atom. The Balaban J connectivity index is 4.27. The molecule has 1 atom stereocenters. The molecule has 0 fully saturated rings. The Hall–Kier alpha value is -0.380. The summed E-state index contributed by atoms with van der Waals surface area (Å²) in [4.78, 5) is 0. The molecule has 0 aromatic heterocycles. The standard InChI is InChI=1S/C6H9BrN2O2S/c1-5(7)4-9-12(10,11)6(2)3-8/h6,9H,1,4H2,2H3. The van der Waals surface area contributed by atoms with Crippen LogP contribution in [0.3, 0.4) is 0 Å². The van der Waals surface area contributed by atoms with E-state index < -0.39 is 15.3 Å². The first-order valence-electron chi connectivity index (χ1n) is 3.11. The van der Waals surface area contributed by atoms with Gasteiger partial charge in [-0.1, -0.05) is 22.5 Å². The highest BCUT2D eigenvalue weighted by Gasteiger charge is 2.18. The van der Waals surface area contributed by atoms with Gasteiger partial charge in [0.25, 0.3) is 0 Å². The average molecular weight is 253 g/mol. The molecule has 0 heterocycles. The van der Waals surface area contributed by atoms with Crippen LogP contribution < -0.4 is 4.72 Å². The molecule has 1 N–H and O–H groups in total. The number of hydrogen-bond donors (Lipinski definition) is 1. The van der Waals surface area contributed by atoms with Crippen LogP contribution in [0.2, 0.25) is 0 Å². The maximum atomic E-state index is 11.1. The predicted molar refractivity (Wildman–Crippen MR) is 50.1 cm³/mol. The van der Waals surface area contributed by atoms with Crippen LogP contribution in [0.25, 0.3) is 0 Å². The highest BCUT2D eigenvalue weighted by molar-refractivity contribution is 9.11. The molecule has 12 heavy (non-hydrogen) atoms. The zero-order valence-corrected chi connectivity index (χ0v) is 8.94. The van der Waals surface area contributed by atoms with Crippen LogP contribution in [-0.4, -0.2) is 20.2 Å². The van der Waals surface area contributed by atoms with Gasteiger partial charge in [0.15, 0.2) is 5.25 Å². The van der Waals surface area contributed by atoms with Crippen molar-refractivity contribution in [2.45, 2.75) is 12.2 Å². The summed E-state index contributed by atoms with van der Waals surface area (Å²) in [5.41, 5.74) is 0. The molecule has 4 nitrogen and oxygen atoms in total. The van der Waals surface area contributed by atoms with E-state index in [0.717, 1.165) is 0 Å². The minimum atomic E-state index is -3.51. The minimum Gasteiger partial charge on any atom is -0.211 e. The van der Waals surface area contributed by atoms with Crippen LogP contribution in [0.15, 0.2) is 11.1 Å². The third-order valence-corrected chi connectivity index (χ3v) is 2.98. The van der Waals surface area contributed by atoms with Gasteiger partial charge in [0.2, 0.25) is 10.0 Å². The lowest BCUT2D eigenvalue weighted by Gasteiger charge is -2.05. The quantitative estimate of drug-likeness (QED) is 0.802. The maximum absolute atomic E-state index is 11.1. The Morgan fingerprint density at radius 2 is 2.33 bits per heavy atom. The van der Waals surface area contributed by atoms with Crippen molar-refractivity contribution in [3.63, 3.8) is 0 Å². The van der Waals surface area contributed by atoms with Crippen molar-refractivity contribution in [3.8, 4) is 6.07 Å². The first kappa shape index (κ1) is 11.6. The fourth-order valence-corrected chi connectivity index (χ4v) is 1.46. The second kappa shape index (κ2) is 4.60. The van der Waals surface area contributed by atoms with Crippen molar-refractivity contribution in [1.29, 1.82) is 5.26 Å². The lowest BCUT2D eigenvalue weighted by atomic mass is 10.5. The molecule has 68 valence electrons. The maximum Gasteiger partial charge on any atom is 0.228 e. The molecule has 0 bridgehead atoms. The van der Waals surface area contributed by atoms with Gasteiger partial charge in [0.05, 0.1) is 6.07 Å². The molecule has 0 aromatic rings. The highest BCUT2D eigenvalue weighted by Crippen LogP contribution is 2.01. The predicted octanol–water partition coefficient (Wildman–Crippen LogP) is 0.726. The summed E-state index contributed by atoms with van der Waals surface area (Å²) in [5, 5.41) is 7.29. The van der Waals surface area contributed by atoms with E-state index in [0.29, 0.717) is 4.48 Å². The Labute approximate surface area is 80.4 Å². The monoisotopic (exact) mass is 252 g/mol. The van der Waals surface area contributed by atoms with Crippen molar-refractivity contribution >= 4 is 26.0 Å². The smallest absolute Gasteiger partial charge is 0.211 e. The van der Waals surface area contributed by atoms with Crippen LogP contribution >= 0.6 is 15.9 Å². The number of hydrogen-bond acceptors (Lipinski definition) is 3. The van der Waals surface area contributed by atoms with Gasteiger partial charge in [0, 0.05) is 11.0 Å². The molecule has 1 unspecified atom stereocenters. The first-order valence-corrected chi connectivity index (χ1v) is 5.45. The number of halogens is 1. The topological polar surface area (TPSA) is 70.0 Å². The number of nitrogens with one attached hydrogen (secondary N) is 1. The molecule has 6 heteroatoms. The number of rotatable bonds is 4. The van der Waals surface area contributed by atoms with E-state index in [1.807, 2.05) is 0 Å². The summed E-state index contributed by atoms with van der Waals surface area (Å²) in [6.07, 6.45) is 0. The molecule has 0 spiro atoms. The van der Waals surface area contributed by atoms with Crippen LogP contribution in [0.4, 0.5) is 0 Å². The first-order chi connectivity index (χ1) is 5.40. The van der Waals surface area contributed by atoms with Gasteiger partial charge in [-0.15, -0.1) is 0 Å². The van der Waals surface area contributed by atoms with Crippen LogP contribution in [0.1, 0.15) is 6.92 Å². The van der Waals surface area contributed by atoms with E-state index >= 15 is 0 Å². The van der Waals surface area contributed by atoms with Crippen LogP contribution in [0.5, 0.6) is 0 Å². The zero-order valence-electron chi connectivity index (χ0n) is 6.54. The molecule has 0 amide bonds. The molecular weight excluding hydrogens is 244 g/mol. The van der Waals surface area contributed by atoms with Crippen molar-refractivity contribution in [2.75, 3.05) is 6.54 Å². The van der Waals surface area contributed by atoms with E-state index in [2.05, 4.69) is 27.2 Å². The van der Waals surface area contributed by atoms with Gasteiger partial charge in [-0.25, -0.2) is 13.1 Å². The largest absolute Gasteiger partial charge is 0.228 e. The van der Waals surface area contributed by atoms with E-state index in [1.54, 1.807) is 6.07 Å². The molecule has 0 aromatic carbocycles. The van der Waals surface area contributed by atoms with Gasteiger partial charge in [-0.05, 0) is 6.92 Å². The molecule has 0 rings (SSSR count). The summed E-state index contributed by atoms with van der Waals surface area (Å²) in [5.74, 6) is 0. The Bertz CT molecular complexity index is 304. The van der Waals surface area contributed by atoms with Crippen LogP contribution in [-0.2, 0) is 10.0 Å². The lowest BCUT2D eigenvalue weighted by molar-refractivity contribution is 0.581. The minimum absolute atomic E-state index is 0.106. The highest BCUT2D eigenvalue weighted by atomic mass is 79.9. The molecule has 0 aliphatic carbocycles. The number of sulfonamides is 1. The molecule has 0 saturated carbocycles. The van der Waals surface area contributed by atoms with Crippen molar-refractivity contribution < 1.29 is 8.42 Å². The van der Waals surface area contributed by atoms with Crippen molar-refractivity contribution in [1.82, 2.24) is 4.72 Å². The van der Waals surface area contributed by atoms with E-state index in [4.69, 9.17) is 5.26 Å². The third kappa shape index (κ3) is 3.85. The Kier molecular flexibility index (Phi) is 4.45. The van der Waals surface area contributed by atoms with Crippen molar-refractivity contribution in [3.05, 3.63) is 11.1 Å². The fraction of sp³-hybridized carbons (Fsp3) is 0.500.